The topological polar surface area (TPSA) is 48.3 Å². The molecule has 4 rings (SSSR count). The van der Waals surface area contributed by atoms with E-state index in [1.54, 1.807) is 0 Å². The zero-order valence-electron chi connectivity index (χ0n) is 18.6. The van der Waals surface area contributed by atoms with E-state index in [2.05, 4.69) is 0 Å². The Morgan fingerprint density at radius 3 is 2.31 bits per heavy atom. The van der Waals surface area contributed by atoms with Crippen LogP contribution < -0.4 is 0 Å². The standard InChI is InChI=1S/C28H27NO3/c1-20-13-15-21(16-14-20)24(17-18-30)28(27(31)32-3,22-9-5-4-6-10-22)25-19-29(2)26-12-8-7-11-23(25)26/h4-16,18-19,24H,17H2,1-3H3/t24-,28+/m0/s1. The van der Waals surface area contributed by atoms with Gasteiger partial charge in [0.15, 0.2) is 0 Å². The second-order valence-corrected chi connectivity index (χ2v) is 8.20. The Labute approximate surface area is 188 Å². The minimum atomic E-state index is -1.20. The lowest BCUT2D eigenvalue weighted by Gasteiger charge is -2.38. The number of esters is 1. The summed E-state index contributed by atoms with van der Waals surface area (Å²) in [4.78, 5) is 25.9. The Hall–Kier alpha value is -3.66. The number of fused-ring (bicyclic) bond motifs is 1. The van der Waals surface area contributed by atoms with Crippen LogP contribution in [0.3, 0.4) is 0 Å². The van der Waals surface area contributed by atoms with E-state index in [1.165, 1.54) is 7.11 Å². The zero-order chi connectivity index (χ0) is 22.7. The summed E-state index contributed by atoms with van der Waals surface area (Å²) in [6.07, 6.45) is 3.08. The van der Waals surface area contributed by atoms with Gasteiger partial charge in [-0.2, -0.15) is 0 Å². The van der Waals surface area contributed by atoms with Crippen LogP contribution in [0.4, 0.5) is 0 Å². The van der Waals surface area contributed by atoms with E-state index in [-0.39, 0.29) is 12.4 Å². The van der Waals surface area contributed by atoms with Crippen molar-refractivity contribution in [2.45, 2.75) is 24.7 Å². The van der Waals surface area contributed by atoms with Crippen LogP contribution in [0.1, 0.15) is 34.6 Å². The third kappa shape index (κ3) is 3.42. The van der Waals surface area contributed by atoms with Gasteiger partial charge in [-0.3, -0.25) is 4.79 Å². The largest absolute Gasteiger partial charge is 0.468 e. The number of ether oxygens (including phenoxy) is 1. The summed E-state index contributed by atoms with van der Waals surface area (Å²) < 4.78 is 7.52. The molecule has 0 spiro atoms. The average Bonchev–Trinajstić information content (AvgIpc) is 3.17. The van der Waals surface area contributed by atoms with Crippen molar-refractivity contribution in [2.75, 3.05) is 7.11 Å². The normalized spacial score (nSPS) is 14.0. The maximum absolute atomic E-state index is 13.9. The fourth-order valence-electron chi connectivity index (χ4n) is 4.89. The minimum absolute atomic E-state index is 0.177. The van der Waals surface area contributed by atoms with E-state index in [4.69, 9.17) is 4.74 Å². The minimum Gasteiger partial charge on any atom is -0.468 e. The Morgan fingerprint density at radius 1 is 1.00 bits per heavy atom. The molecule has 4 nitrogen and oxygen atoms in total. The lowest BCUT2D eigenvalue weighted by atomic mass is 9.62. The van der Waals surface area contributed by atoms with Crippen molar-refractivity contribution in [1.29, 1.82) is 0 Å². The van der Waals surface area contributed by atoms with Gasteiger partial charge in [-0.05, 0) is 29.7 Å². The Bertz CT molecular complexity index is 1240. The quantitative estimate of drug-likeness (QED) is 0.297. The monoisotopic (exact) mass is 425 g/mol. The predicted octanol–water partition coefficient (Wildman–Crippen LogP) is 5.32. The molecule has 0 aliphatic rings. The van der Waals surface area contributed by atoms with Gasteiger partial charge < -0.3 is 14.1 Å². The van der Waals surface area contributed by atoms with Gasteiger partial charge in [-0.1, -0.05) is 78.4 Å². The van der Waals surface area contributed by atoms with Crippen LogP contribution >= 0.6 is 0 Å². The van der Waals surface area contributed by atoms with Crippen LogP contribution in [-0.2, 0) is 26.8 Å². The number of aryl methyl sites for hydroxylation is 2. The molecule has 0 aliphatic heterocycles. The van der Waals surface area contributed by atoms with Crippen molar-refractivity contribution >= 4 is 23.2 Å². The summed E-state index contributed by atoms with van der Waals surface area (Å²) in [5, 5.41) is 0.965. The van der Waals surface area contributed by atoms with E-state index in [0.29, 0.717) is 0 Å². The van der Waals surface area contributed by atoms with Gasteiger partial charge in [0.2, 0.25) is 0 Å². The third-order valence-electron chi connectivity index (χ3n) is 6.39. The second-order valence-electron chi connectivity index (χ2n) is 8.20. The fourth-order valence-corrected chi connectivity index (χ4v) is 4.89. The van der Waals surface area contributed by atoms with Crippen molar-refractivity contribution in [3.05, 3.63) is 107 Å². The first kappa shape index (κ1) is 21.6. The first-order chi connectivity index (χ1) is 15.5. The van der Waals surface area contributed by atoms with E-state index in [1.807, 2.05) is 104 Å². The Balaban J connectivity index is 2.15. The molecule has 0 saturated carbocycles. The van der Waals surface area contributed by atoms with E-state index in [0.717, 1.165) is 39.4 Å². The molecule has 0 fully saturated rings. The first-order valence-corrected chi connectivity index (χ1v) is 10.7. The number of hydrogen-bond donors (Lipinski definition) is 0. The molecule has 4 aromatic rings. The van der Waals surface area contributed by atoms with E-state index >= 15 is 0 Å². The molecular weight excluding hydrogens is 398 g/mol. The number of nitrogens with zero attached hydrogens (tertiary/aromatic N) is 1. The van der Waals surface area contributed by atoms with Crippen molar-refractivity contribution in [2.24, 2.45) is 7.05 Å². The van der Waals surface area contributed by atoms with Gasteiger partial charge in [0, 0.05) is 36.5 Å². The molecule has 0 unspecified atom stereocenters. The number of aldehydes is 1. The van der Waals surface area contributed by atoms with Crippen molar-refractivity contribution in [1.82, 2.24) is 4.57 Å². The van der Waals surface area contributed by atoms with Crippen molar-refractivity contribution < 1.29 is 14.3 Å². The number of hydrogen-bond acceptors (Lipinski definition) is 3. The smallest absolute Gasteiger partial charge is 0.321 e. The van der Waals surface area contributed by atoms with Gasteiger partial charge >= 0.3 is 5.97 Å². The highest BCUT2D eigenvalue weighted by Gasteiger charge is 2.51. The summed E-state index contributed by atoms with van der Waals surface area (Å²) in [5.74, 6) is -0.825. The average molecular weight is 426 g/mol. The summed E-state index contributed by atoms with van der Waals surface area (Å²) in [6, 6.07) is 25.7. The highest BCUT2D eigenvalue weighted by atomic mass is 16.5. The molecule has 1 heterocycles. The molecular formula is C28H27NO3. The molecule has 0 radical (unpaired) electrons. The second kappa shape index (κ2) is 8.83. The summed E-state index contributed by atoms with van der Waals surface area (Å²) in [5.41, 5.74) is 3.49. The zero-order valence-corrected chi connectivity index (χ0v) is 18.6. The number of carbonyl (C=O) groups excluding carboxylic acids is 2. The summed E-state index contributed by atoms with van der Waals surface area (Å²) >= 11 is 0. The molecule has 0 saturated heterocycles. The summed E-state index contributed by atoms with van der Waals surface area (Å²) in [7, 11) is 3.39. The number of carbonyl (C=O) groups is 2. The molecule has 0 aliphatic carbocycles. The van der Waals surface area contributed by atoms with Crippen molar-refractivity contribution in [3.8, 4) is 0 Å². The van der Waals surface area contributed by atoms with Gasteiger partial charge in [-0.15, -0.1) is 0 Å². The first-order valence-electron chi connectivity index (χ1n) is 10.7. The molecule has 1 aromatic heterocycles. The number of para-hydroxylation sites is 1. The molecule has 32 heavy (non-hydrogen) atoms. The van der Waals surface area contributed by atoms with E-state index < -0.39 is 11.3 Å². The molecule has 0 amide bonds. The molecule has 162 valence electrons. The number of aromatic nitrogens is 1. The van der Waals surface area contributed by atoms with Gasteiger partial charge in [0.05, 0.1) is 7.11 Å². The van der Waals surface area contributed by atoms with Crippen LogP contribution in [0.25, 0.3) is 10.9 Å². The SMILES string of the molecule is COC(=O)[C@@](c1ccccc1)(c1cn(C)c2ccccc12)[C@@H](CC=O)c1ccc(C)cc1. The van der Waals surface area contributed by atoms with Gasteiger partial charge in [0.1, 0.15) is 11.7 Å². The number of methoxy groups -OCH3 is 1. The molecule has 3 aromatic carbocycles. The Kier molecular flexibility index (Phi) is 5.95. The van der Waals surface area contributed by atoms with E-state index in [9.17, 15) is 9.59 Å². The lowest BCUT2D eigenvalue weighted by molar-refractivity contribution is -0.146. The number of benzene rings is 3. The van der Waals surface area contributed by atoms with Crippen LogP contribution in [0.5, 0.6) is 0 Å². The van der Waals surface area contributed by atoms with Crippen LogP contribution in [0.2, 0.25) is 0 Å². The Morgan fingerprint density at radius 2 is 1.66 bits per heavy atom. The highest BCUT2D eigenvalue weighted by Crippen LogP contribution is 2.49. The molecule has 4 heteroatoms. The molecule has 0 bridgehead atoms. The third-order valence-corrected chi connectivity index (χ3v) is 6.39. The van der Waals surface area contributed by atoms with Crippen LogP contribution in [0, 0.1) is 6.92 Å². The molecule has 0 N–H and O–H groups in total. The number of rotatable bonds is 7. The maximum atomic E-state index is 13.9. The maximum Gasteiger partial charge on any atom is 0.321 e. The highest BCUT2D eigenvalue weighted by molar-refractivity contribution is 5.97. The van der Waals surface area contributed by atoms with Crippen molar-refractivity contribution in [3.63, 3.8) is 0 Å². The predicted molar refractivity (Wildman–Crippen MR) is 127 cm³/mol. The lowest BCUT2D eigenvalue weighted by Crippen LogP contribution is -2.44. The van der Waals surface area contributed by atoms with Gasteiger partial charge in [-0.25, -0.2) is 0 Å². The fraction of sp³-hybridized carbons (Fsp3) is 0.214. The molecule has 2 atom stereocenters. The van der Waals surface area contributed by atoms with Crippen LogP contribution in [-0.4, -0.2) is 23.9 Å². The summed E-state index contributed by atoms with van der Waals surface area (Å²) in [6.45, 7) is 2.02. The van der Waals surface area contributed by atoms with Crippen LogP contribution in [0.15, 0.2) is 85.1 Å². The van der Waals surface area contributed by atoms with Gasteiger partial charge in [0.25, 0.3) is 0 Å².